The summed E-state index contributed by atoms with van der Waals surface area (Å²) in [6.07, 6.45) is 1.43. The molecule has 0 aliphatic carbocycles. The van der Waals surface area contributed by atoms with E-state index in [1.807, 2.05) is 13.8 Å². The maximum atomic E-state index is 13.1. The van der Waals surface area contributed by atoms with Crippen LogP contribution in [0.2, 0.25) is 0 Å². The van der Waals surface area contributed by atoms with Gasteiger partial charge < -0.3 is 13.9 Å². The van der Waals surface area contributed by atoms with Crippen LogP contribution >= 0.6 is 0 Å². The molecule has 0 unspecified atom stereocenters. The highest BCUT2D eigenvalue weighted by Gasteiger charge is 2.26. The topological polar surface area (TPSA) is 61.6 Å². The molecule has 0 amide bonds. The van der Waals surface area contributed by atoms with Crippen molar-refractivity contribution in [2.24, 2.45) is 0 Å². The van der Waals surface area contributed by atoms with Crippen LogP contribution in [-0.2, 0) is 11.2 Å². The minimum atomic E-state index is -0.539. The molecule has 1 aliphatic rings. The Hall–Kier alpha value is -2.37. The molecule has 5 nitrogen and oxygen atoms in total. The van der Waals surface area contributed by atoms with Crippen molar-refractivity contribution in [2.45, 2.75) is 32.3 Å². The molecule has 0 saturated heterocycles. The number of aromatic nitrogens is 1. The summed E-state index contributed by atoms with van der Waals surface area (Å²) in [4.78, 5) is 16.0. The first-order valence-electron chi connectivity index (χ1n) is 7.10. The van der Waals surface area contributed by atoms with Gasteiger partial charge in [-0.2, -0.15) is 0 Å². The zero-order chi connectivity index (χ0) is 15.7. The second-order valence-electron chi connectivity index (χ2n) is 5.51. The molecule has 3 rings (SSSR count). The second kappa shape index (κ2) is 5.79. The van der Waals surface area contributed by atoms with Gasteiger partial charge in [-0.05, 0) is 18.2 Å². The number of ether oxygens (including phenoxy) is 2. The first-order chi connectivity index (χ1) is 10.5. The number of nitrogens with zero attached hydrogens (tertiary/aromatic N) is 1. The predicted molar refractivity (Wildman–Crippen MR) is 75.4 cm³/mol. The number of rotatable bonds is 4. The van der Waals surface area contributed by atoms with Crippen LogP contribution < -0.4 is 4.74 Å². The van der Waals surface area contributed by atoms with Crippen LogP contribution in [0.3, 0.4) is 0 Å². The maximum absolute atomic E-state index is 13.1. The Bertz CT molecular complexity index is 695. The molecule has 0 fully saturated rings. The van der Waals surface area contributed by atoms with Crippen molar-refractivity contribution < 1.29 is 23.1 Å². The smallest absolute Gasteiger partial charge is 0.360 e. The van der Waals surface area contributed by atoms with Gasteiger partial charge in [0.05, 0.1) is 0 Å². The SMILES string of the molecule is CC(C)c1ocnc1C(=O)OC[C@@H]1Cc2cc(F)ccc2O1. The van der Waals surface area contributed by atoms with Crippen LogP contribution in [0.5, 0.6) is 5.75 Å². The minimum absolute atomic E-state index is 0.0417. The lowest BCUT2D eigenvalue weighted by Gasteiger charge is -2.11. The zero-order valence-electron chi connectivity index (χ0n) is 12.3. The molecule has 0 bridgehead atoms. The largest absolute Gasteiger partial charge is 0.486 e. The molecule has 1 aromatic carbocycles. The summed E-state index contributed by atoms with van der Waals surface area (Å²) < 4.78 is 29.2. The van der Waals surface area contributed by atoms with Crippen LogP contribution in [0.25, 0.3) is 0 Å². The molecule has 1 atom stereocenters. The Morgan fingerprint density at radius 2 is 2.32 bits per heavy atom. The zero-order valence-corrected chi connectivity index (χ0v) is 12.3. The molecule has 0 N–H and O–H groups in total. The fourth-order valence-electron chi connectivity index (χ4n) is 2.44. The average Bonchev–Trinajstić information content (AvgIpc) is 3.10. The van der Waals surface area contributed by atoms with Gasteiger partial charge in [-0.3, -0.25) is 0 Å². The van der Waals surface area contributed by atoms with Gasteiger partial charge in [0.25, 0.3) is 0 Å². The van der Waals surface area contributed by atoms with E-state index in [1.54, 1.807) is 6.07 Å². The molecule has 1 aromatic heterocycles. The second-order valence-corrected chi connectivity index (χ2v) is 5.51. The van der Waals surface area contributed by atoms with E-state index in [1.165, 1.54) is 18.5 Å². The van der Waals surface area contributed by atoms with Crippen molar-refractivity contribution in [3.8, 4) is 5.75 Å². The first kappa shape index (κ1) is 14.6. The molecule has 0 saturated carbocycles. The molecular weight excluding hydrogens is 289 g/mol. The summed E-state index contributed by atoms with van der Waals surface area (Å²) in [5.74, 6) is 0.335. The molecule has 22 heavy (non-hydrogen) atoms. The number of esters is 1. The normalized spacial score (nSPS) is 16.5. The summed E-state index contributed by atoms with van der Waals surface area (Å²) >= 11 is 0. The number of benzene rings is 1. The van der Waals surface area contributed by atoms with E-state index in [0.29, 0.717) is 17.9 Å². The van der Waals surface area contributed by atoms with Crippen molar-refractivity contribution in [2.75, 3.05) is 6.61 Å². The number of halogens is 1. The molecule has 1 aliphatic heterocycles. The fraction of sp³-hybridized carbons (Fsp3) is 0.375. The third-order valence-electron chi connectivity index (χ3n) is 3.48. The molecule has 6 heteroatoms. The number of fused-ring (bicyclic) bond motifs is 1. The number of carbonyl (C=O) groups is 1. The van der Waals surface area contributed by atoms with Gasteiger partial charge in [0, 0.05) is 17.9 Å². The fourth-order valence-corrected chi connectivity index (χ4v) is 2.44. The molecule has 0 radical (unpaired) electrons. The maximum Gasteiger partial charge on any atom is 0.360 e. The van der Waals surface area contributed by atoms with Gasteiger partial charge in [0.1, 0.15) is 30.0 Å². The summed E-state index contributed by atoms with van der Waals surface area (Å²) in [5, 5.41) is 0. The van der Waals surface area contributed by atoms with Crippen molar-refractivity contribution >= 4 is 5.97 Å². The lowest BCUT2D eigenvalue weighted by molar-refractivity contribution is 0.0338. The van der Waals surface area contributed by atoms with E-state index in [0.717, 1.165) is 5.56 Å². The Balaban J connectivity index is 1.60. The highest BCUT2D eigenvalue weighted by Crippen LogP contribution is 2.29. The molecule has 2 heterocycles. The number of hydrogen-bond acceptors (Lipinski definition) is 5. The van der Waals surface area contributed by atoms with E-state index >= 15 is 0 Å². The summed E-state index contributed by atoms with van der Waals surface area (Å²) in [6, 6.07) is 4.37. The van der Waals surface area contributed by atoms with Crippen LogP contribution in [0.4, 0.5) is 4.39 Å². The van der Waals surface area contributed by atoms with Crippen LogP contribution in [0.1, 0.15) is 41.6 Å². The quantitative estimate of drug-likeness (QED) is 0.812. The summed E-state index contributed by atoms with van der Waals surface area (Å²) in [6.45, 7) is 3.89. The van der Waals surface area contributed by atoms with Crippen molar-refractivity contribution in [3.63, 3.8) is 0 Å². The standard InChI is InChI=1S/C16H16FNO4/c1-9(2)15-14(18-8-21-15)16(19)20-7-12-6-10-5-11(17)3-4-13(10)22-12/h3-5,8-9,12H,6-7H2,1-2H3/t12-/m0/s1. The molecular formula is C16H16FNO4. The van der Waals surface area contributed by atoms with E-state index in [4.69, 9.17) is 13.9 Å². The highest BCUT2D eigenvalue weighted by molar-refractivity contribution is 5.88. The van der Waals surface area contributed by atoms with E-state index < -0.39 is 5.97 Å². The van der Waals surface area contributed by atoms with Crippen LogP contribution in [-0.4, -0.2) is 23.7 Å². The van der Waals surface area contributed by atoms with Gasteiger partial charge in [-0.15, -0.1) is 0 Å². The van der Waals surface area contributed by atoms with Crippen LogP contribution in [0.15, 0.2) is 29.0 Å². The van der Waals surface area contributed by atoms with Gasteiger partial charge >= 0.3 is 5.97 Å². The van der Waals surface area contributed by atoms with Crippen LogP contribution in [0, 0.1) is 5.82 Å². The predicted octanol–water partition coefficient (Wildman–Crippen LogP) is 3.10. The van der Waals surface area contributed by atoms with E-state index in [-0.39, 0.29) is 30.1 Å². The van der Waals surface area contributed by atoms with E-state index in [9.17, 15) is 9.18 Å². The Labute approximate surface area is 127 Å². The van der Waals surface area contributed by atoms with E-state index in [2.05, 4.69) is 4.98 Å². The number of hydrogen-bond donors (Lipinski definition) is 0. The lowest BCUT2D eigenvalue weighted by atomic mass is 10.1. The molecule has 2 aromatic rings. The first-order valence-corrected chi connectivity index (χ1v) is 7.10. The van der Waals surface area contributed by atoms with Gasteiger partial charge in [-0.1, -0.05) is 13.8 Å². The summed E-state index contributed by atoms with van der Waals surface area (Å²) in [5.41, 5.74) is 0.974. The summed E-state index contributed by atoms with van der Waals surface area (Å²) in [7, 11) is 0. The van der Waals surface area contributed by atoms with Crippen molar-refractivity contribution in [3.05, 3.63) is 47.4 Å². The van der Waals surface area contributed by atoms with Crippen molar-refractivity contribution in [1.82, 2.24) is 4.98 Å². The third kappa shape index (κ3) is 2.81. The van der Waals surface area contributed by atoms with Gasteiger partial charge in [0.2, 0.25) is 0 Å². The Kier molecular flexibility index (Phi) is 3.83. The Morgan fingerprint density at radius 3 is 3.09 bits per heavy atom. The monoisotopic (exact) mass is 305 g/mol. The molecule has 116 valence electrons. The number of oxazole rings is 1. The average molecular weight is 305 g/mol. The third-order valence-corrected chi connectivity index (χ3v) is 3.48. The highest BCUT2D eigenvalue weighted by atomic mass is 19.1. The molecule has 0 spiro atoms. The van der Waals surface area contributed by atoms with Crippen molar-refractivity contribution in [1.29, 1.82) is 0 Å². The Morgan fingerprint density at radius 1 is 1.50 bits per heavy atom. The van der Waals surface area contributed by atoms with Gasteiger partial charge in [0.15, 0.2) is 12.1 Å². The lowest BCUT2D eigenvalue weighted by Crippen LogP contribution is -2.23. The van der Waals surface area contributed by atoms with Gasteiger partial charge in [-0.25, -0.2) is 14.2 Å². The number of carbonyl (C=O) groups excluding carboxylic acids is 1. The minimum Gasteiger partial charge on any atom is -0.486 e.